The first-order valence-electron chi connectivity index (χ1n) is 19.7. The Hall–Kier alpha value is -6.81. The van der Waals surface area contributed by atoms with Crippen molar-refractivity contribution >= 4 is 82.0 Å². The van der Waals surface area contributed by atoms with Crippen LogP contribution < -0.4 is 21.2 Å². The molecular weight excluding hydrogens is 899 g/mol. The molecule has 0 fully saturated rings. The van der Waals surface area contributed by atoms with E-state index in [1.54, 1.807) is 24.3 Å². The molecule has 6 aromatic carbocycles. The Balaban J connectivity index is 1.11. The highest BCUT2D eigenvalue weighted by molar-refractivity contribution is 7.92. The first kappa shape index (κ1) is 43.4. The van der Waals surface area contributed by atoms with Crippen LogP contribution in [0.4, 0.5) is 11.4 Å². The predicted octanol–water partition coefficient (Wildman–Crippen LogP) is 6.25. The first-order chi connectivity index (χ1) is 30.9. The van der Waals surface area contributed by atoms with Gasteiger partial charge in [0.2, 0.25) is 9.84 Å². The number of sulfone groups is 1. The van der Waals surface area contributed by atoms with Crippen molar-refractivity contribution in [2.24, 2.45) is 0 Å². The van der Waals surface area contributed by atoms with E-state index in [9.17, 15) is 56.1 Å². The van der Waals surface area contributed by atoms with Crippen molar-refractivity contribution in [2.45, 2.75) is 23.6 Å². The van der Waals surface area contributed by atoms with Crippen molar-refractivity contribution < 1.29 is 65.1 Å². The van der Waals surface area contributed by atoms with Crippen LogP contribution in [0.25, 0.3) is 11.1 Å². The van der Waals surface area contributed by atoms with Crippen molar-refractivity contribution in [3.05, 3.63) is 165 Å². The van der Waals surface area contributed by atoms with Crippen molar-refractivity contribution in [3.63, 3.8) is 0 Å². The minimum absolute atomic E-state index is 0.0515. The molecule has 1 heterocycles. The van der Waals surface area contributed by atoms with Crippen LogP contribution in [0.3, 0.4) is 0 Å². The van der Waals surface area contributed by atoms with Gasteiger partial charge < -0.3 is 29.5 Å². The summed E-state index contributed by atoms with van der Waals surface area (Å²) < 4.78 is 66.8. The number of anilines is 2. The number of rotatable bonds is 10. The van der Waals surface area contributed by atoms with Crippen LogP contribution in [-0.2, 0) is 28.0 Å². The molecule has 16 nitrogen and oxygen atoms in total. The molecule has 0 bridgehead atoms. The van der Waals surface area contributed by atoms with E-state index in [2.05, 4.69) is 10.6 Å². The fraction of sp³-hybridized carbons (Fsp3) is 0.0870. The molecule has 9 rings (SSSR count). The Morgan fingerprint density at radius 2 is 0.815 bits per heavy atom. The van der Waals surface area contributed by atoms with Crippen LogP contribution in [0.15, 0.2) is 119 Å². The van der Waals surface area contributed by atoms with Crippen molar-refractivity contribution in [2.75, 3.05) is 23.8 Å². The number of amides is 2. The third-order valence-corrected chi connectivity index (χ3v) is 16.2. The molecule has 65 heavy (non-hydrogen) atoms. The van der Waals surface area contributed by atoms with Crippen molar-refractivity contribution in [3.8, 4) is 11.1 Å². The van der Waals surface area contributed by atoms with Gasteiger partial charge in [-0.15, -0.1) is 0 Å². The monoisotopic (exact) mass is 930 g/mol. The fourth-order valence-corrected chi connectivity index (χ4v) is 12.3. The molecular formula is C46H32N2O14P2S. The highest BCUT2D eigenvalue weighted by Gasteiger charge is 2.41. The van der Waals surface area contributed by atoms with Gasteiger partial charge in [-0.2, -0.15) is 0 Å². The Morgan fingerprint density at radius 3 is 1.15 bits per heavy atom. The maximum Gasteiger partial charge on any atom is 0.360 e. The first-order valence-corrected chi connectivity index (χ1v) is 24.4. The Bertz CT molecular complexity index is 3220. The molecule has 326 valence electrons. The second kappa shape index (κ2) is 15.7. The molecule has 2 unspecified atom stereocenters. The fourth-order valence-electron chi connectivity index (χ4n) is 8.15. The topological polar surface area (TPSA) is 254 Å². The summed E-state index contributed by atoms with van der Waals surface area (Å²) in [6, 6.07) is 23.7. The molecule has 2 amide bonds. The van der Waals surface area contributed by atoms with E-state index in [4.69, 9.17) is 9.05 Å². The average Bonchev–Trinajstić information content (AvgIpc) is 3.50. The van der Waals surface area contributed by atoms with Gasteiger partial charge in [0, 0.05) is 66.8 Å². The van der Waals surface area contributed by atoms with Crippen LogP contribution in [0.1, 0.15) is 98.2 Å². The third-order valence-electron chi connectivity index (χ3n) is 11.2. The highest BCUT2D eigenvalue weighted by atomic mass is 32.2. The molecule has 0 saturated carbocycles. The van der Waals surface area contributed by atoms with Gasteiger partial charge in [-0.1, -0.05) is 48.5 Å². The molecule has 0 spiro atoms. The number of benzene rings is 6. The smallest absolute Gasteiger partial charge is 0.321 e. The van der Waals surface area contributed by atoms with Crippen molar-refractivity contribution in [1.82, 2.24) is 0 Å². The Kier molecular flexibility index (Phi) is 10.5. The number of carbonyl (C=O) groups excluding carboxylic acids is 6. The summed E-state index contributed by atoms with van der Waals surface area (Å²) in [4.78, 5) is 102. The molecule has 19 heteroatoms. The summed E-state index contributed by atoms with van der Waals surface area (Å²) in [7, 11) is -14.4. The molecule has 0 saturated heterocycles. The Labute approximate surface area is 369 Å². The molecule has 2 atom stereocenters. The van der Waals surface area contributed by atoms with Gasteiger partial charge in [0.1, 0.15) is 0 Å². The number of hydrogen-bond donors (Lipinski definition) is 4. The van der Waals surface area contributed by atoms with Crippen LogP contribution in [0, 0.1) is 0 Å². The lowest BCUT2D eigenvalue weighted by molar-refractivity contribution is 0.0977. The molecule has 3 aliphatic rings. The van der Waals surface area contributed by atoms with E-state index < -0.39 is 91.8 Å². The second-order valence-electron chi connectivity index (χ2n) is 14.9. The van der Waals surface area contributed by atoms with Crippen LogP contribution >= 0.6 is 15.2 Å². The lowest BCUT2D eigenvalue weighted by atomic mass is 9.83. The van der Waals surface area contributed by atoms with E-state index in [-0.39, 0.29) is 80.0 Å². The van der Waals surface area contributed by atoms with Crippen LogP contribution in [-0.4, -0.2) is 66.4 Å². The second-order valence-corrected chi connectivity index (χ2v) is 20.4. The summed E-state index contributed by atoms with van der Waals surface area (Å²) >= 11 is 0. The van der Waals surface area contributed by atoms with Gasteiger partial charge >= 0.3 is 15.2 Å². The lowest BCUT2D eigenvalue weighted by Gasteiger charge is -2.20. The lowest BCUT2D eigenvalue weighted by Crippen LogP contribution is -2.23. The van der Waals surface area contributed by atoms with Crippen LogP contribution in [0.2, 0.25) is 0 Å². The molecule has 0 aromatic heterocycles. The zero-order valence-corrected chi connectivity index (χ0v) is 36.5. The standard InChI is InChI=1S/C46H32N2O14P2S/c1-3-61-63(55,56)37-19-31-32-20-38(64(57,58)62-4-2)36(48-46(54)24-14-16-30-34(18-24)44(52)28-12-8-6-10-26(28)42(30)50)22-40(32)65(59,60)39(31)21-35(37)47-45(53)23-13-15-29-33(17-23)43(51)27-11-7-5-9-25(27)41(29)49/h5-22H,3-4H2,1-2H3,(H,47,53)(H,48,54)(H,55,56)(H,57,58). The van der Waals surface area contributed by atoms with E-state index >= 15 is 0 Å². The van der Waals surface area contributed by atoms with Crippen molar-refractivity contribution in [1.29, 1.82) is 0 Å². The van der Waals surface area contributed by atoms with E-state index in [1.165, 1.54) is 74.5 Å². The van der Waals surface area contributed by atoms with Gasteiger partial charge in [0.15, 0.2) is 23.1 Å². The van der Waals surface area contributed by atoms with E-state index in [0.717, 1.165) is 24.3 Å². The molecule has 1 aliphatic heterocycles. The van der Waals surface area contributed by atoms with Gasteiger partial charge in [-0.25, -0.2) is 8.42 Å². The predicted molar refractivity (Wildman–Crippen MR) is 235 cm³/mol. The maximum atomic E-state index is 14.4. The molecule has 0 radical (unpaired) electrons. The highest BCUT2D eigenvalue weighted by Crippen LogP contribution is 2.52. The number of nitrogens with one attached hydrogen (secondary N) is 2. The third kappa shape index (κ3) is 7.05. The van der Waals surface area contributed by atoms with Gasteiger partial charge in [0.05, 0.1) is 45.0 Å². The van der Waals surface area contributed by atoms with Crippen LogP contribution in [0.5, 0.6) is 0 Å². The maximum absolute atomic E-state index is 14.4. The summed E-state index contributed by atoms with van der Waals surface area (Å²) in [5, 5.41) is 3.79. The van der Waals surface area contributed by atoms with Gasteiger partial charge in [0.25, 0.3) is 11.8 Å². The van der Waals surface area contributed by atoms with Gasteiger partial charge in [-0.3, -0.25) is 37.9 Å². The average molecular weight is 931 g/mol. The Morgan fingerprint density at radius 1 is 0.492 bits per heavy atom. The number of hydrogen-bond acceptors (Lipinski definition) is 12. The van der Waals surface area contributed by atoms with Gasteiger partial charge in [-0.05, 0) is 74.5 Å². The molecule has 2 aliphatic carbocycles. The summed E-state index contributed by atoms with van der Waals surface area (Å²) in [6.07, 6.45) is 0. The SMILES string of the molecule is CCOP(=O)(O)c1cc2c(cc1NC(=O)c1ccc3c(c1)C(=O)c1ccccc1C3=O)S(=O)(=O)c1cc(NC(=O)c3ccc4c(c3)C(=O)c3ccccc3C4=O)c(P(=O)(O)OCC)cc1-2. The number of fused-ring (bicyclic) bond motifs is 7. The molecule has 6 aromatic rings. The minimum atomic E-state index is -4.88. The summed E-state index contributed by atoms with van der Waals surface area (Å²) in [5.41, 5.74) is -1.11. The molecule has 4 N–H and O–H groups in total. The normalized spacial score (nSPS) is 15.9. The number of carbonyl (C=O) groups is 6. The summed E-state index contributed by atoms with van der Waals surface area (Å²) in [6.45, 7) is 2.25. The zero-order chi connectivity index (χ0) is 46.3. The number of ketones is 4. The van der Waals surface area contributed by atoms with E-state index in [1.807, 2.05) is 0 Å². The largest absolute Gasteiger partial charge is 0.360 e. The zero-order valence-electron chi connectivity index (χ0n) is 33.9. The quantitative estimate of drug-likeness (QED) is 0.111. The summed E-state index contributed by atoms with van der Waals surface area (Å²) in [5.74, 6) is -3.82. The minimum Gasteiger partial charge on any atom is -0.321 e. The van der Waals surface area contributed by atoms with E-state index in [0.29, 0.717) is 0 Å².